The van der Waals surface area contributed by atoms with E-state index in [0.29, 0.717) is 11.1 Å². The van der Waals surface area contributed by atoms with Gasteiger partial charge in [0.15, 0.2) is 0 Å². The third kappa shape index (κ3) is 2.66. The highest BCUT2D eigenvalue weighted by Crippen LogP contribution is 2.33. The number of aromatic nitrogens is 1. The molecule has 0 saturated carbocycles. The first kappa shape index (κ1) is 15.4. The number of para-hydroxylation sites is 1. The van der Waals surface area contributed by atoms with Crippen LogP contribution in [0.2, 0.25) is 0 Å². The Labute approximate surface area is 145 Å². The molecule has 0 radical (unpaired) electrons. The van der Waals surface area contributed by atoms with Crippen LogP contribution in [0, 0.1) is 0 Å². The highest BCUT2D eigenvalue weighted by Gasteiger charge is 2.31. The average molecular weight is 330 g/mol. The maximum absolute atomic E-state index is 13.1. The van der Waals surface area contributed by atoms with E-state index in [1.165, 1.54) is 11.8 Å². The zero-order chi connectivity index (χ0) is 17.4. The number of anilines is 1. The Kier molecular flexibility index (Phi) is 3.73. The standard InChI is InChI=1S/C21H18N2O2/c1-14-11-16-9-5-6-10-19(16)23(14)21(25)17-12-18(20(24)22-13-17)15-7-3-2-4-8-15/h2-10,12-14H,11H2,1H3,(H,22,24). The van der Waals surface area contributed by atoms with Gasteiger partial charge in [0.1, 0.15) is 0 Å². The van der Waals surface area contributed by atoms with Gasteiger partial charge in [-0.25, -0.2) is 0 Å². The topological polar surface area (TPSA) is 53.2 Å². The first-order valence-corrected chi connectivity index (χ1v) is 8.35. The van der Waals surface area contributed by atoms with Crippen LogP contribution in [-0.4, -0.2) is 16.9 Å². The van der Waals surface area contributed by atoms with Crippen LogP contribution in [-0.2, 0) is 6.42 Å². The Morgan fingerprint density at radius 1 is 1.08 bits per heavy atom. The smallest absolute Gasteiger partial charge is 0.260 e. The number of carbonyl (C=O) groups excluding carboxylic acids is 1. The maximum atomic E-state index is 13.1. The van der Waals surface area contributed by atoms with Crippen LogP contribution >= 0.6 is 0 Å². The van der Waals surface area contributed by atoms with Crippen molar-refractivity contribution in [1.82, 2.24) is 4.98 Å². The van der Waals surface area contributed by atoms with Gasteiger partial charge in [-0.2, -0.15) is 0 Å². The molecule has 2 heterocycles. The molecule has 1 amide bonds. The number of nitrogens with one attached hydrogen (secondary N) is 1. The summed E-state index contributed by atoms with van der Waals surface area (Å²) < 4.78 is 0. The zero-order valence-corrected chi connectivity index (χ0v) is 13.9. The molecule has 0 fully saturated rings. The van der Waals surface area contributed by atoms with Crippen molar-refractivity contribution in [3.63, 3.8) is 0 Å². The molecule has 1 atom stereocenters. The normalized spacial score (nSPS) is 15.9. The molecule has 1 N–H and O–H groups in total. The van der Waals surface area contributed by atoms with E-state index in [1.54, 1.807) is 6.07 Å². The summed E-state index contributed by atoms with van der Waals surface area (Å²) in [5.74, 6) is -0.0918. The number of hydrogen-bond acceptors (Lipinski definition) is 2. The van der Waals surface area contributed by atoms with E-state index in [9.17, 15) is 9.59 Å². The van der Waals surface area contributed by atoms with E-state index in [4.69, 9.17) is 0 Å². The van der Waals surface area contributed by atoms with Crippen LogP contribution in [0.15, 0.2) is 71.7 Å². The van der Waals surface area contributed by atoms with Crippen LogP contribution in [0.3, 0.4) is 0 Å². The largest absolute Gasteiger partial charge is 0.328 e. The van der Waals surface area contributed by atoms with Crippen molar-refractivity contribution >= 4 is 11.6 Å². The van der Waals surface area contributed by atoms with E-state index >= 15 is 0 Å². The molecule has 0 aliphatic carbocycles. The van der Waals surface area contributed by atoms with Gasteiger partial charge >= 0.3 is 0 Å². The molecule has 25 heavy (non-hydrogen) atoms. The molecule has 3 aromatic rings. The van der Waals surface area contributed by atoms with Gasteiger partial charge in [-0.05, 0) is 36.6 Å². The van der Waals surface area contributed by atoms with E-state index in [1.807, 2.05) is 60.4 Å². The monoisotopic (exact) mass is 330 g/mol. The fraction of sp³-hybridized carbons (Fsp3) is 0.143. The number of aromatic amines is 1. The molecule has 4 nitrogen and oxygen atoms in total. The summed E-state index contributed by atoms with van der Waals surface area (Å²) in [7, 11) is 0. The number of fused-ring (bicyclic) bond motifs is 1. The van der Waals surface area contributed by atoms with E-state index in [2.05, 4.69) is 11.1 Å². The van der Waals surface area contributed by atoms with Gasteiger partial charge in [0.05, 0.1) is 5.56 Å². The van der Waals surface area contributed by atoms with Crippen molar-refractivity contribution in [3.8, 4) is 11.1 Å². The first-order valence-electron chi connectivity index (χ1n) is 8.35. The Morgan fingerprint density at radius 3 is 2.60 bits per heavy atom. The van der Waals surface area contributed by atoms with Crippen molar-refractivity contribution < 1.29 is 4.79 Å². The quantitative estimate of drug-likeness (QED) is 0.780. The molecular formula is C21H18N2O2. The summed E-state index contributed by atoms with van der Waals surface area (Å²) in [6, 6.07) is 19.1. The average Bonchev–Trinajstić information content (AvgIpc) is 2.98. The number of H-pyrrole nitrogens is 1. The second-order valence-corrected chi connectivity index (χ2v) is 6.35. The molecule has 4 rings (SSSR count). The molecule has 0 saturated heterocycles. The summed E-state index contributed by atoms with van der Waals surface area (Å²) in [4.78, 5) is 29.8. The minimum absolute atomic E-state index is 0.0918. The van der Waals surface area contributed by atoms with Gasteiger partial charge in [0.2, 0.25) is 0 Å². The van der Waals surface area contributed by atoms with Crippen LogP contribution < -0.4 is 10.5 Å². The Hall–Kier alpha value is -3.14. The lowest BCUT2D eigenvalue weighted by Gasteiger charge is -2.23. The number of pyridine rings is 1. The molecule has 1 aliphatic heterocycles. The molecule has 2 aromatic carbocycles. The lowest BCUT2D eigenvalue weighted by atomic mass is 10.1. The van der Waals surface area contributed by atoms with Gasteiger partial charge in [0.25, 0.3) is 11.5 Å². The van der Waals surface area contributed by atoms with E-state index in [-0.39, 0.29) is 17.5 Å². The Balaban J connectivity index is 1.76. The molecule has 0 bridgehead atoms. The molecule has 1 aromatic heterocycles. The van der Waals surface area contributed by atoms with Crippen molar-refractivity contribution in [1.29, 1.82) is 0 Å². The predicted molar refractivity (Wildman–Crippen MR) is 98.9 cm³/mol. The van der Waals surface area contributed by atoms with E-state index in [0.717, 1.165) is 17.7 Å². The highest BCUT2D eigenvalue weighted by molar-refractivity contribution is 6.08. The van der Waals surface area contributed by atoms with Gasteiger partial charge < -0.3 is 9.88 Å². The van der Waals surface area contributed by atoms with Crippen LogP contribution in [0.5, 0.6) is 0 Å². The molecule has 1 unspecified atom stereocenters. The van der Waals surface area contributed by atoms with Crippen molar-refractivity contribution in [2.75, 3.05) is 4.90 Å². The van der Waals surface area contributed by atoms with Gasteiger partial charge in [-0.3, -0.25) is 9.59 Å². The summed E-state index contributed by atoms with van der Waals surface area (Å²) in [6.07, 6.45) is 2.35. The summed E-state index contributed by atoms with van der Waals surface area (Å²) in [5, 5.41) is 0. The highest BCUT2D eigenvalue weighted by atomic mass is 16.2. The number of carbonyl (C=O) groups is 1. The molecular weight excluding hydrogens is 312 g/mol. The van der Waals surface area contributed by atoms with Crippen LogP contribution in [0.1, 0.15) is 22.8 Å². The van der Waals surface area contributed by atoms with Crippen molar-refractivity contribution in [3.05, 3.63) is 88.3 Å². The predicted octanol–water partition coefficient (Wildman–Crippen LogP) is 3.63. The number of amides is 1. The Bertz CT molecular complexity index is 992. The van der Waals surface area contributed by atoms with Gasteiger partial charge in [0, 0.05) is 23.5 Å². The first-order chi connectivity index (χ1) is 12.1. The van der Waals surface area contributed by atoms with Crippen LogP contribution in [0.25, 0.3) is 11.1 Å². The van der Waals surface area contributed by atoms with Gasteiger partial charge in [-0.15, -0.1) is 0 Å². The SMILES string of the molecule is CC1Cc2ccccc2N1C(=O)c1c[nH]c(=O)c(-c2ccccc2)c1. The lowest BCUT2D eigenvalue weighted by Crippen LogP contribution is -2.36. The van der Waals surface area contributed by atoms with Gasteiger partial charge in [-0.1, -0.05) is 48.5 Å². The number of benzene rings is 2. The number of rotatable bonds is 2. The summed E-state index contributed by atoms with van der Waals surface area (Å²) >= 11 is 0. The summed E-state index contributed by atoms with van der Waals surface area (Å²) in [6.45, 7) is 2.04. The maximum Gasteiger partial charge on any atom is 0.260 e. The zero-order valence-electron chi connectivity index (χ0n) is 13.9. The third-order valence-electron chi connectivity index (χ3n) is 4.66. The molecule has 124 valence electrons. The molecule has 1 aliphatic rings. The molecule has 0 spiro atoms. The van der Waals surface area contributed by atoms with Crippen molar-refractivity contribution in [2.45, 2.75) is 19.4 Å². The second kappa shape index (κ2) is 6.06. The third-order valence-corrected chi connectivity index (χ3v) is 4.66. The molecule has 4 heteroatoms. The Morgan fingerprint density at radius 2 is 1.80 bits per heavy atom. The van der Waals surface area contributed by atoms with Crippen LogP contribution in [0.4, 0.5) is 5.69 Å². The number of hydrogen-bond donors (Lipinski definition) is 1. The fourth-order valence-electron chi connectivity index (χ4n) is 3.45. The fourth-order valence-corrected chi connectivity index (χ4v) is 3.45. The second-order valence-electron chi connectivity index (χ2n) is 6.35. The minimum atomic E-state index is -0.197. The van der Waals surface area contributed by atoms with E-state index < -0.39 is 0 Å². The van der Waals surface area contributed by atoms with Crippen molar-refractivity contribution in [2.24, 2.45) is 0 Å². The number of nitrogens with zero attached hydrogens (tertiary/aromatic N) is 1. The summed E-state index contributed by atoms with van der Waals surface area (Å²) in [5.41, 5.74) is 3.73. The minimum Gasteiger partial charge on any atom is -0.328 e. The lowest BCUT2D eigenvalue weighted by molar-refractivity contribution is 0.0981.